The van der Waals surface area contributed by atoms with Gasteiger partial charge < -0.3 is 15.2 Å². The minimum absolute atomic E-state index is 0.252. The second kappa shape index (κ2) is 9.45. The monoisotopic (exact) mass is 447 g/mol. The molecule has 1 aliphatic rings. The Morgan fingerprint density at radius 1 is 1.13 bits per heavy atom. The van der Waals surface area contributed by atoms with Gasteiger partial charge in [0.05, 0.1) is 17.9 Å². The van der Waals surface area contributed by atoms with Crippen molar-refractivity contribution < 1.29 is 24.2 Å². The summed E-state index contributed by atoms with van der Waals surface area (Å²) >= 11 is 7.17. The predicted octanol–water partition coefficient (Wildman–Crippen LogP) is 5.24. The summed E-state index contributed by atoms with van der Waals surface area (Å²) in [6.45, 7) is 3.49. The molecule has 0 fully saturated rings. The third-order valence-corrected chi connectivity index (χ3v) is 5.96. The van der Waals surface area contributed by atoms with Crippen LogP contribution < -0.4 is 5.32 Å². The van der Waals surface area contributed by atoms with E-state index in [-0.39, 0.29) is 11.7 Å². The molecule has 30 heavy (non-hydrogen) atoms. The lowest BCUT2D eigenvalue weighted by Crippen LogP contribution is -2.34. The van der Waals surface area contributed by atoms with Crippen molar-refractivity contribution in [2.75, 3.05) is 5.32 Å². The summed E-state index contributed by atoms with van der Waals surface area (Å²) in [5.41, 5.74) is 1.63. The number of nitrogens with one attached hydrogen (secondary N) is 1. The first-order valence-electron chi connectivity index (χ1n) is 9.55. The van der Waals surface area contributed by atoms with Crippen molar-refractivity contribution in [1.29, 1.82) is 0 Å². The Labute approximate surface area is 183 Å². The Kier molecular flexibility index (Phi) is 6.95. The van der Waals surface area contributed by atoms with Crippen molar-refractivity contribution in [3.8, 4) is 11.1 Å². The number of aliphatic carboxylic acids is 1. The smallest absolute Gasteiger partial charge is 0.342 e. The van der Waals surface area contributed by atoms with E-state index < -0.39 is 29.7 Å². The van der Waals surface area contributed by atoms with E-state index in [1.807, 2.05) is 6.08 Å². The van der Waals surface area contributed by atoms with E-state index in [0.717, 1.165) is 5.56 Å². The van der Waals surface area contributed by atoms with Crippen molar-refractivity contribution in [2.45, 2.75) is 32.8 Å². The first-order chi connectivity index (χ1) is 14.3. The van der Waals surface area contributed by atoms with E-state index in [1.54, 1.807) is 49.6 Å². The number of hydrogen-bond donors (Lipinski definition) is 2. The van der Waals surface area contributed by atoms with Gasteiger partial charge in [0.25, 0.3) is 0 Å². The van der Waals surface area contributed by atoms with Crippen LogP contribution in [0.5, 0.6) is 0 Å². The minimum Gasteiger partial charge on any atom is -0.481 e. The van der Waals surface area contributed by atoms with Gasteiger partial charge in [0.1, 0.15) is 10.6 Å². The third-order valence-electron chi connectivity index (χ3n) is 4.82. The molecular weight excluding hydrogens is 426 g/mol. The predicted molar refractivity (Wildman–Crippen MR) is 117 cm³/mol. The van der Waals surface area contributed by atoms with Gasteiger partial charge in [0.2, 0.25) is 5.91 Å². The van der Waals surface area contributed by atoms with Crippen LogP contribution in [0.4, 0.5) is 5.00 Å². The highest BCUT2D eigenvalue weighted by atomic mass is 35.5. The van der Waals surface area contributed by atoms with E-state index >= 15 is 0 Å². The number of ether oxygens (including phenoxy) is 1. The van der Waals surface area contributed by atoms with E-state index in [2.05, 4.69) is 5.32 Å². The van der Waals surface area contributed by atoms with E-state index in [9.17, 15) is 19.5 Å². The van der Waals surface area contributed by atoms with Gasteiger partial charge in [-0.1, -0.05) is 35.9 Å². The van der Waals surface area contributed by atoms with Crippen LogP contribution in [-0.2, 0) is 14.3 Å². The molecule has 0 unspecified atom stereocenters. The molecule has 0 aliphatic heterocycles. The van der Waals surface area contributed by atoms with Crippen molar-refractivity contribution in [2.24, 2.45) is 11.8 Å². The standard InChI is InChI=1S/C22H22ClNO5S/c1-12(2)29-22(28)18-17(13-7-9-14(23)10-8-13)11-30-20(18)24-19(25)15-5-3-4-6-16(15)21(26)27/h3-4,7-12,15-16H,5-6H2,1-2H3,(H,24,25)(H,26,27)/t15-,16+/m0/s1. The van der Waals surface area contributed by atoms with Crippen molar-refractivity contribution >= 4 is 45.8 Å². The van der Waals surface area contributed by atoms with Crippen LogP contribution in [0.3, 0.4) is 0 Å². The molecule has 0 radical (unpaired) electrons. The van der Waals surface area contributed by atoms with Gasteiger partial charge in [-0.2, -0.15) is 0 Å². The quantitative estimate of drug-likeness (QED) is 0.466. The Hall–Kier alpha value is -2.64. The van der Waals surface area contributed by atoms with E-state index in [1.165, 1.54) is 11.3 Å². The maximum absolute atomic E-state index is 12.9. The molecule has 1 aromatic heterocycles. The molecular formula is C22H22ClNO5S. The lowest BCUT2D eigenvalue weighted by molar-refractivity contribution is -0.146. The largest absolute Gasteiger partial charge is 0.481 e. The molecule has 1 aromatic carbocycles. The summed E-state index contributed by atoms with van der Waals surface area (Å²) in [4.78, 5) is 37.3. The van der Waals surface area contributed by atoms with Crippen LogP contribution in [0, 0.1) is 11.8 Å². The van der Waals surface area contributed by atoms with Crippen LogP contribution in [0.25, 0.3) is 11.1 Å². The zero-order valence-electron chi connectivity index (χ0n) is 16.6. The summed E-state index contributed by atoms with van der Waals surface area (Å²) in [5, 5.41) is 14.9. The highest BCUT2D eigenvalue weighted by Crippen LogP contribution is 2.38. The lowest BCUT2D eigenvalue weighted by atomic mass is 9.82. The number of halogens is 1. The molecule has 8 heteroatoms. The number of carboxylic acid groups (broad SMARTS) is 1. The molecule has 2 atom stereocenters. The van der Waals surface area contributed by atoms with Crippen LogP contribution in [-0.4, -0.2) is 29.1 Å². The normalized spacial score (nSPS) is 18.3. The van der Waals surface area contributed by atoms with Crippen LogP contribution >= 0.6 is 22.9 Å². The van der Waals surface area contributed by atoms with Gasteiger partial charge in [0.15, 0.2) is 0 Å². The van der Waals surface area contributed by atoms with E-state index in [0.29, 0.717) is 28.4 Å². The van der Waals surface area contributed by atoms with Gasteiger partial charge in [-0.05, 0) is 44.4 Å². The first-order valence-corrected chi connectivity index (χ1v) is 10.8. The topological polar surface area (TPSA) is 92.7 Å². The summed E-state index contributed by atoms with van der Waals surface area (Å²) in [5.74, 6) is -3.48. The number of carboxylic acids is 1. The summed E-state index contributed by atoms with van der Waals surface area (Å²) in [6.07, 6.45) is 3.89. The first kappa shape index (κ1) is 22.1. The fourth-order valence-electron chi connectivity index (χ4n) is 3.35. The molecule has 6 nitrogen and oxygen atoms in total. The van der Waals surface area contributed by atoms with Gasteiger partial charge in [-0.25, -0.2) is 4.79 Å². The molecule has 1 heterocycles. The Morgan fingerprint density at radius 2 is 1.77 bits per heavy atom. The van der Waals surface area contributed by atoms with Crippen LogP contribution in [0.2, 0.25) is 5.02 Å². The Balaban J connectivity index is 1.95. The summed E-state index contributed by atoms with van der Waals surface area (Å²) in [6, 6.07) is 7.01. The lowest BCUT2D eigenvalue weighted by Gasteiger charge is -2.24. The second-order valence-electron chi connectivity index (χ2n) is 7.30. The highest BCUT2D eigenvalue weighted by Gasteiger charge is 2.35. The summed E-state index contributed by atoms with van der Waals surface area (Å²) in [7, 11) is 0. The molecule has 0 spiro atoms. The molecule has 2 aromatic rings. The molecule has 2 N–H and O–H groups in total. The Morgan fingerprint density at radius 3 is 2.37 bits per heavy atom. The average molecular weight is 448 g/mol. The highest BCUT2D eigenvalue weighted by molar-refractivity contribution is 7.15. The van der Waals surface area contributed by atoms with Crippen molar-refractivity contribution in [1.82, 2.24) is 0 Å². The fraction of sp³-hybridized carbons (Fsp3) is 0.318. The number of hydrogen-bond acceptors (Lipinski definition) is 5. The van der Waals surface area contributed by atoms with Gasteiger partial charge >= 0.3 is 11.9 Å². The number of thiophene rings is 1. The molecule has 0 saturated carbocycles. The molecule has 3 rings (SSSR count). The molecule has 1 aliphatic carbocycles. The number of amides is 1. The van der Waals surface area contributed by atoms with E-state index in [4.69, 9.17) is 16.3 Å². The van der Waals surface area contributed by atoms with Crippen molar-refractivity contribution in [3.63, 3.8) is 0 Å². The number of esters is 1. The van der Waals surface area contributed by atoms with Gasteiger partial charge in [0, 0.05) is 16.0 Å². The van der Waals surface area contributed by atoms with Crippen LogP contribution in [0.1, 0.15) is 37.0 Å². The maximum Gasteiger partial charge on any atom is 0.342 e. The zero-order chi connectivity index (χ0) is 21.8. The summed E-state index contributed by atoms with van der Waals surface area (Å²) < 4.78 is 5.39. The molecule has 1 amide bonds. The zero-order valence-corrected chi connectivity index (χ0v) is 18.1. The van der Waals surface area contributed by atoms with Crippen LogP contribution in [0.15, 0.2) is 41.8 Å². The third kappa shape index (κ3) is 4.91. The minimum atomic E-state index is -1.01. The van der Waals surface area contributed by atoms with Crippen molar-refractivity contribution in [3.05, 3.63) is 52.4 Å². The van der Waals surface area contributed by atoms with Gasteiger partial charge in [-0.3, -0.25) is 9.59 Å². The fourth-order valence-corrected chi connectivity index (χ4v) is 4.44. The molecule has 0 bridgehead atoms. The number of rotatable bonds is 6. The second-order valence-corrected chi connectivity index (χ2v) is 8.61. The van der Waals surface area contributed by atoms with Gasteiger partial charge in [-0.15, -0.1) is 11.3 Å². The number of allylic oxidation sites excluding steroid dienone is 2. The SMILES string of the molecule is CC(C)OC(=O)c1c(-c2ccc(Cl)cc2)csc1NC(=O)[C@H]1CC=CC[C@H]1C(=O)O. The molecule has 158 valence electrons. The number of benzene rings is 1. The number of anilines is 1. The average Bonchev–Trinajstić information content (AvgIpc) is 3.11. The Bertz CT molecular complexity index is 980. The number of carbonyl (C=O) groups is 3. The molecule has 0 saturated heterocycles. The maximum atomic E-state index is 12.9. The number of carbonyl (C=O) groups excluding carboxylic acids is 2.